The van der Waals surface area contributed by atoms with Crippen molar-refractivity contribution >= 4 is 5.91 Å². The van der Waals surface area contributed by atoms with Crippen LogP contribution >= 0.6 is 0 Å². The van der Waals surface area contributed by atoms with Crippen LogP contribution < -0.4 is 10.9 Å². The third kappa shape index (κ3) is 3.29. The predicted octanol–water partition coefficient (Wildman–Crippen LogP) is 2.70. The molecule has 0 radical (unpaired) electrons. The van der Waals surface area contributed by atoms with Gasteiger partial charge in [-0.15, -0.1) is 0 Å². The minimum atomic E-state index is -0.147. The molecule has 0 spiro atoms. The van der Waals surface area contributed by atoms with Crippen LogP contribution in [0.15, 0.2) is 48.7 Å². The van der Waals surface area contributed by atoms with Gasteiger partial charge >= 0.3 is 0 Å². The van der Waals surface area contributed by atoms with Gasteiger partial charge in [0, 0.05) is 31.0 Å². The summed E-state index contributed by atoms with van der Waals surface area (Å²) >= 11 is 0. The van der Waals surface area contributed by atoms with Crippen molar-refractivity contribution in [1.82, 2.24) is 20.3 Å². The van der Waals surface area contributed by atoms with Crippen molar-refractivity contribution in [3.63, 3.8) is 0 Å². The molecule has 26 heavy (non-hydrogen) atoms. The van der Waals surface area contributed by atoms with Gasteiger partial charge in [-0.3, -0.25) is 10.2 Å². The summed E-state index contributed by atoms with van der Waals surface area (Å²) in [5, 5.41) is 0. The molecule has 2 aliphatic heterocycles. The first-order valence-electron chi connectivity index (χ1n) is 9.65. The zero-order valence-electron chi connectivity index (χ0n) is 15.6. The highest BCUT2D eigenvalue weighted by atomic mass is 16.2. The van der Waals surface area contributed by atoms with Crippen molar-refractivity contribution in [3.8, 4) is 0 Å². The summed E-state index contributed by atoms with van der Waals surface area (Å²) in [6.45, 7) is 6.04. The van der Waals surface area contributed by atoms with E-state index in [0.29, 0.717) is 12.0 Å². The average molecular weight is 352 g/mol. The fraction of sp³-hybridized carbons (Fsp3) is 0.476. The Kier molecular flexibility index (Phi) is 4.83. The minimum Gasteiger partial charge on any atom is -0.348 e. The molecule has 3 heterocycles. The Labute approximate surface area is 155 Å². The summed E-state index contributed by atoms with van der Waals surface area (Å²) < 4.78 is 2.27. The second-order valence-corrected chi connectivity index (χ2v) is 7.87. The molecule has 0 bridgehead atoms. The highest BCUT2D eigenvalue weighted by Gasteiger charge is 2.38. The molecule has 4 rings (SSSR count). The number of hydrogen-bond acceptors (Lipinski definition) is 3. The Balaban J connectivity index is 1.58. The Bertz CT molecular complexity index is 754. The third-order valence-corrected chi connectivity index (χ3v) is 5.47. The van der Waals surface area contributed by atoms with Gasteiger partial charge in [-0.25, -0.2) is 5.43 Å². The van der Waals surface area contributed by atoms with E-state index < -0.39 is 0 Å². The van der Waals surface area contributed by atoms with Crippen molar-refractivity contribution in [2.45, 2.75) is 51.4 Å². The molecule has 3 unspecified atom stereocenters. The number of rotatable bonds is 4. The molecule has 5 nitrogen and oxygen atoms in total. The molecule has 2 aliphatic rings. The highest BCUT2D eigenvalue weighted by molar-refractivity contribution is 5.83. The molecule has 1 aromatic carbocycles. The van der Waals surface area contributed by atoms with Crippen LogP contribution in [0.25, 0.3) is 0 Å². The fourth-order valence-corrected chi connectivity index (χ4v) is 4.31. The lowest BCUT2D eigenvalue weighted by molar-refractivity contribution is -0.136. The van der Waals surface area contributed by atoms with Crippen LogP contribution in [-0.4, -0.2) is 34.0 Å². The Morgan fingerprint density at radius 1 is 1.12 bits per heavy atom. The second-order valence-electron chi connectivity index (χ2n) is 7.87. The average Bonchev–Trinajstić information content (AvgIpc) is 3.29. The topological polar surface area (TPSA) is 49.3 Å². The van der Waals surface area contributed by atoms with Gasteiger partial charge in [0.1, 0.15) is 6.04 Å². The van der Waals surface area contributed by atoms with Crippen molar-refractivity contribution in [2.75, 3.05) is 6.54 Å². The first-order chi connectivity index (χ1) is 12.6. The van der Waals surface area contributed by atoms with Crippen LogP contribution in [-0.2, 0) is 11.3 Å². The van der Waals surface area contributed by atoms with Gasteiger partial charge in [0.25, 0.3) is 0 Å². The highest BCUT2D eigenvalue weighted by Crippen LogP contribution is 2.33. The molecule has 138 valence electrons. The van der Waals surface area contributed by atoms with E-state index in [1.54, 1.807) is 0 Å². The van der Waals surface area contributed by atoms with E-state index in [-0.39, 0.29) is 18.0 Å². The zero-order valence-corrected chi connectivity index (χ0v) is 15.6. The predicted molar refractivity (Wildman–Crippen MR) is 102 cm³/mol. The van der Waals surface area contributed by atoms with Crippen LogP contribution in [0.1, 0.15) is 44.0 Å². The van der Waals surface area contributed by atoms with E-state index in [9.17, 15) is 4.79 Å². The molecule has 1 amide bonds. The molecule has 3 atom stereocenters. The third-order valence-electron chi connectivity index (χ3n) is 5.47. The quantitative estimate of drug-likeness (QED) is 0.889. The van der Waals surface area contributed by atoms with Gasteiger partial charge in [0.15, 0.2) is 0 Å². The number of carbonyl (C=O) groups excluding carboxylic acids is 1. The van der Waals surface area contributed by atoms with Gasteiger partial charge in [-0.05, 0) is 36.5 Å². The number of aromatic nitrogens is 1. The Morgan fingerprint density at radius 3 is 2.69 bits per heavy atom. The normalized spacial score (nSPS) is 25.5. The first kappa shape index (κ1) is 17.3. The van der Waals surface area contributed by atoms with Gasteiger partial charge in [-0.2, -0.15) is 0 Å². The van der Waals surface area contributed by atoms with Crippen LogP contribution in [0.4, 0.5) is 0 Å². The molecule has 0 aliphatic carbocycles. The molecule has 0 saturated carbocycles. The minimum absolute atomic E-state index is 0.0154. The summed E-state index contributed by atoms with van der Waals surface area (Å²) in [5.41, 5.74) is 8.94. The SMILES string of the molecule is CC(C)CC1CC(C(=O)N2CCn3cccc3C2c2ccccc2)NN1. The van der Waals surface area contributed by atoms with Crippen LogP contribution in [0.3, 0.4) is 0 Å². The number of amides is 1. The van der Waals surface area contributed by atoms with Crippen LogP contribution in [0.2, 0.25) is 0 Å². The van der Waals surface area contributed by atoms with Crippen molar-refractivity contribution in [1.29, 1.82) is 0 Å². The number of benzene rings is 1. The van der Waals surface area contributed by atoms with Gasteiger partial charge in [-0.1, -0.05) is 44.2 Å². The maximum atomic E-state index is 13.4. The number of hydrogen-bond donors (Lipinski definition) is 2. The van der Waals surface area contributed by atoms with Crippen molar-refractivity contribution < 1.29 is 4.79 Å². The van der Waals surface area contributed by atoms with E-state index in [0.717, 1.165) is 25.9 Å². The van der Waals surface area contributed by atoms with E-state index in [2.05, 4.69) is 64.6 Å². The number of nitrogens with zero attached hydrogens (tertiary/aromatic N) is 2. The largest absolute Gasteiger partial charge is 0.348 e. The number of fused-ring (bicyclic) bond motifs is 1. The lowest BCUT2D eigenvalue weighted by atomic mass is 9.96. The standard InChI is InChI=1S/C21H28N4O/c1-15(2)13-17-14-18(23-22-17)21(26)25-12-11-24-10-6-9-19(24)20(25)16-7-4-3-5-8-16/h3-10,15,17-18,20,22-23H,11-14H2,1-2H3. The number of nitrogens with one attached hydrogen (secondary N) is 2. The van der Waals surface area contributed by atoms with Gasteiger partial charge in [0.2, 0.25) is 5.91 Å². The van der Waals surface area contributed by atoms with Gasteiger partial charge in [0.05, 0.1) is 6.04 Å². The van der Waals surface area contributed by atoms with E-state index in [1.165, 1.54) is 11.3 Å². The molecular weight excluding hydrogens is 324 g/mol. The first-order valence-corrected chi connectivity index (χ1v) is 9.65. The summed E-state index contributed by atoms with van der Waals surface area (Å²) in [4.78, 5) is 15.4. The lowest BCUT2D eigenvalue weighted by Crippen LogP contribution is -2.50. The summed E-state index contributed by atoms with van der Waals surface area (Å²) in [6.07, 6.45) is 4.05. The maximum absolute atomic E-state index is 13.4. The van der Waals surface area contributed by atoms with E-state index in [4.69, 9.17) is 0 Å². The Morgan fingerprint density at radius 2 is 1.92 bits per heavy atom. The lowest BCUT2D eigenvalue weighted by Gasteiger charge is -2.38. The molecule has 1 fully saturated rings. The molecule has 1 saturated heterocycles. The second kappa shape index (κ2) is 7.25. The summed E-state index contributed by atoms with van der Waals surface area (Å²) in [7, 11) is 0. The summed E-state index contributed by atoms with van der Waals surface area (Å²) in [5.74, 6) is 0.823. The smallest absolute Gasteiger partial charge is 0.242 e. The van der Waals surface area contributed by atoms with E-state index in [1.807, 2.05) is 18.2 Å². The number of hydrazine groups is 1. The molecule has 5 heteroatoms. The van der Waals surface area contributed by atoms with Crippen LogP contribution in [0.5, 0.6) is 0 Å². The molecule has 2 N–H and O–H groups in total. The van der Waals surface area contributed by atoms with Gasteiger partial charge < -0.3 is 9.47 Å². The van der Waals surface area contributed by atoms with Crippen molar-refractivity contribution in [2.24, 2.45) is 5.92 Å². The van der Waals surface area contributed by atoms with Crippen molar-refractivity contribution in [3.05, 3.63) is 59.9 Å². The fourth-order valence-electron chi connectivity index (χ4n) is 4.31. The van der Waals surface area contributed by atoms with E-state index >= 15 is 0 Å². The molecule has 2 aromatic rings. The van der Waals surface area contributed by atoms with Crippen LogP contribution in [0, 0.1) is 5.92 Å². The summed E-state index contributed by atoms with van der Waals surface area (Å²) in [6, 6.07) is 14.8. The Hall–Kier alpha value is -2.11. The number of carbonyl (C=O) groups is 1. The molecular formula is C21H28N4O. The zero-order chi connectivity index (χ0) is 18.1. The maximum Gasteiger partial charge on any atom is 0.242 e. The monoisotopic (exact) mass is 352 g/mol. The molecule has 1 aromatic heterocycles.